The van der Waals surface area contributed by atoms with E-state index in [0.717, 1.165) is 12.8 Å². The standard InChI is InChI=1S/C21H38N2O8/c1-6-17(24)28-10-12-30-19(26)22-9-8-21(4,5)14-16(3)15-23-20(27)31-13-11-29-18(25)7-2/h16H,6-15H2,1-5H3,(H,22,26)(H,23,27). The minimum absolute atomic E-state index is 0.0141. The van der Waals surface area contributed by atoms with Gasteiger partial charge in [0, 0.05) is 25.9 Å². The van der Waals surface area contributed by atoms with Crippen molar-refractivity contribution in [2.24, 2.45) is 11.3 Å². The van der Waals surface area contributed by atoms with Crippen LogP contribution in [0.2, 0.25) is 0 Å². The van der Waals surface area contributed by atoms with Gasteiger partial charge < -0.3 is 29.6 Å². The van der Waals surface area contributed by atoms with Crippen molar-refractivity contribution in [3.8, 4) is 0 Å². The molecule has 0 spiro atoms. The van der Waals surface area contributed by atoms with Gasteiger partial charge in [-0.1, -0.05) is 34.6 Å². The first kappa shape index (κ1) is 28.5. The smallest absolute Gasteiger partial charge is 0.407 e. The van der Waals surface area contributed by atoms with Crippen LogP contribution in [0.1, 0.15) is 60.3 Å². The summed E-state index contributed by atoms with van der Waals surface area (Å²) in [5, 5.41) is 5.37. The van der Waals surface area contributed by atoms with Crippen molar-refractivity contribution < 1.29 is 38.1 Å². The number of carbonyl (C=O) groups is 4. The van der Waals surface area contributed by atoms with Crippen molar-refractivity contribution in [2.75, 3.05) is 39.5 Å². The lowest BCUT2D eigenvalue weighted by molar-refractivity contribution is -0.145. The van der Waals surface area contributed by atoms with E-state index in [1.165, 1.54) is 0 Å². The molecule has 1 atom stereocenters. The number of hydrogen-bond donors (Lipinski definition) is 2. The lowest BCUT2D eigenvalue weighted by Gasteiger charge is -2.28. The van der Waals surface area contributed by atoms with E-state index in [1.807, 2.05) is 6.92 Å². The van der Waals surface area contributed by atoms with Crippen molar-refractivity contribution in [1.82, 2.24) is 10.6 Å². The molecule has 0 rings (SSSR count). The van der Waals surface area contributed by atoms with E-state index in [4.69, 9.17) is 18.9 Å². The Hall–Kier alpha value is -2.52. The van der Waals surface area contributed by atoms with Crippen LogP contribution < -0.4 is 10.6 Å². The highest BCUT2D eigenvalue weighted by atomic mass is 16.6. The molecule has 0 saturated heterocycles. The van der Waals surface area contributed by atoms with Gasteiger partial charge in [0.05, 0.1) is 0 Å². The Kier molecular flexibility index (Phi) is 14.9. The predicted molar refractivity (Wildman–Crippen MR) is 113 cm³/mol. The third-order valence-corrected chi connectivity index (χ3v) is 4.30. The van der Waals surface area contributed by atoms with E-state index in [9.17, 15) is 19.2 Å². The van der Waals surface area contributed by atoms with E-state index in [0.29, 0.717) is 13.1 Å². The molecule has 0 radical (unpaired) electrons. The van der Waals surface area contributed by atoms with Crippen LogP contribution in [0.4, 0.5) is 9.59 Å². The lowest BCUT2D eigenvalue weighted by atomic mass is 9.80. The van der Waals surface area contributed by atoms with Crippen LogP contribution in [0.25, 0.3) is 0 Å². The molecule has 0 fully saturated rings. The third kappa shape index (κ3) is 16.9. The molecule has 1 unspecified atom stereocenters. The molecule has 0 bridgehead atoms. The maximum Gasteiger partial charge on any atom is 0.407 e. The van der Waals surface area contributed by atoms with Gasteiger partial charge in [0.2, 0.25) is 0 Å². The highest BCUT2D eigenvalue weighted by Gasteiger charge is 2.22. The van der Waals surface area contributed by atoms with E-state index in [-0.39, 0.29) is 62.5 Å². The Morgan fingerprint density at radius 1 is 0.774 bits per heavy atom. The zero-order valence-corrected chi connectivity index (χ0v) is 19.4. The van der Waals surface area contributed by atoms with Crippen LogP contribution in [-0.4, -0.2) is 63.6 Å². The average Bonchev–Trinajstić information content (AvgIpc) is 2.71. The van der Waals surface area contributed by atoms with Crippen LogP contribution in [0.3, 0.4) is 0 Å². The number of alkyl carbamates (subject to hydrolysis) is 2. The van der Waals surface area contributed by atoms with Crippen molar-refractivity contribution in [3.05, 3.63) is 0 Å². The molecule has 0 saturated carbocycles. The number of ether oxygens (including phenoxy) is 4. The molecule has 0 aromatic rings. The van der Waals surface area contributed by atoms with Gasteiger partial charge in [0.1, 0.15) is 26.4 Å². The van der Waals surface area contributed by atoms with Crippen LogP contribution >= 0.6 is 0 Å². The fourth-order valence-electron chi connectivity index (χ4n) is 2.76. The van der Waals surface area contributed by atoms with Crippen LogP contribution in [0.15, 0.2) is 0 Å². The molecule has 10 heteroatoms. The van der Waals surface area contributed by atoms with Gasteiger partial charge in [-0.15, -0.1) is 0 Å². The molecule has 0 aliphatic heterocycles. The highest BCUT2D eigenvalue weighted by Crippen LogP contribution is 2.28. The normalized spacial score (nSPS) is 11.8. The second-order valence-corrected chi connectivity index (χ2v) is 7.95. The Bertz CT molecular complexity index is 566. The number of amides is 2. The van der Waals surface area contributed by atoms with Crippen molar-refractivity contribution in [1.29, 1.82) is 0 Å². The number of esters is 2. The minimum atomic E-state index is -0.551. The fourth-order valence-corrected chi connectivity index (χ4v) is 2.76. The van der Waals surface area contributed by atoms with Crippen molar-refractivity contribution in [2.45, 2.75) is 60.3 Å². The van der Waals surface area contributed by atoms with Gasteiger partial charge in [0.15, 0.2) is 0 Å². The summed E-state index contributed by atoms with van der Waals surface area (Å²) in [6.07, 6.45) is 1.02. The maximum atomic E-state index is 11.7. The Morgan fingerprint density at radius 2 is 1.23 bits per heavy atom. The molecule has 0 aliphatic carbocycles. The minimum Gasteiger partial charge on any atom is -0.462 e. The van der Waals surface area contributed by atoms with Crippen molar-refractivity contribution >= 4 is 24.1 Å². The topological polar surface area (TPSA) is 129 Å². The molecular formula is C21H38N2O8. The van der Waals surface area contributed by atoms with Gasteiger partial charge in [-0.25, -0.2) is 9.59 Å². The predicted octanol–water partition coefficient (Wildman–Crippen LogP) is 2.79. The summed E-state index contributed by atoms with van der Waals surface area (Å²) in [5.41, 5.74) is -0.0662. The van der Waals surface area contributed by atoms with Crippen molar-refractivity contribution in [3.63, 3.8) is 0 Å². The first-order valence-electron chi connectivity index (χ1n) is 10.7. The maximum absolute atomic E-state index is 11.7. The second-order valence-electron chi connectivity index (χ2n) is 7.95. The zero-order valence-electron chi connectivity index (χ0n) is 19.4. The number of rotatable bonds is 15. The summed E-state index contributed by atoms with van der Waals surface area (Å²) in [5.74, 6) is -0.471. The SMILES string of the molecule is CCC(=O)OCCOC(=O)NCCC(C)(C)CC(C)CNC(=O)OCCOC(=O)CC. The summed E-state index contributed by atoms with van der Waals surface area (Å²) in [6.45, 7) is 10.6. The number of carbonyl (C=O) groups excluding carboxylic acids is 4. The Morgan fingerprint density at radius 3 is 1.71 bits per heavy atom. The molecule has 0 aromatic heterocycles. The highest BCUT2D eigenvalue weighted by molar-refractivity contribution is 5.69. The van der Waals surface area contributed by atoms with Crippen LogP contribution in [-0.2, 0) is 28.5 Å². The summed E-state index contributed by atoms with van der Waals surface area (Å²) < 4.78 is 19.5. The largest absolute Gasteiger partial charge is 0.462 e. The zero-order chi connectivity index (χ0) is 23.7. The van der Waals surface area contributed by atoms with Gasteiger partial charge in [-0.05, 0) is 24.2 Å². The van der Waals surface area contributed by atoms with Crippen LogP contribution in [0.5, 0.6) is 0 Å². The van der Waals surface area contributed by atoms with Gasteiger partial charge in [0.25, 0.3) is 0 Å². The number of hydrogen-bond acceptors (Lipinski definition) is 8. The molecule has 31 heavy (non-hydrogen) atoms. The molecular weight excluding hydrogens is 408 g/mol. The average molecular weight is 447 g/mol. The summed E-state index contributed by atoms with van der Waals surface area (Å²) in [4.78, 5) is 45.3. The molecule has 180 valence electrons. The van der Waals surface area contributed by atoms with E-state index >= 15 is 0 Å². The fraction of sp³-hybridized carbons (Fsp3) is 0.810. The molecule has 2 N–H and O–H groups in total. The first-order chi connectivity index (χ1) is 14.6. The first-order valence-corrected chi connectivity index (χ1v) is 10.7. The van der Waals surface area contributed by atoms with Gasteiger partial charge in [-0.2, -0.15) is 0 Å². The molecule has 2 amide bonds. The second kappa shape index (κ2) is 16.2. The Balaban J connectivity index is 3.91. The number of nitrogens with one attached hydrogen (secondary N) is 2. The van der Waals surface area contributed by atoms with E-state index < -0.39 is 12.2 Å². The van der Waals surface area contributed by atoms with Gasteiger partial charge >= 0.3 is 24.1 Å². The summed E-state index contributed by atoms with van der Waals surface area (Å²) in [7, 11) is 0. The van der Waals surface area contributed by atoms with E-state index in [1.54, 1.807) is 13.8 Å². The molecule has 0 aliphatic rings. The molecule has 10 nitrogen and oxygen atoms in total. The quantitative estimate of drug-likeness (QED) is 0.223. The third-order valence-electron chi connectivity index (χ3n) is 4.30. The summed E-state index contributed by atoms with van der Waals surface area (Å²) >= 11 is 0. The van der Waals surface area contributed by atoms with Gasteiger partial charge in [-0.3, -0.25) is 9.59 Å². The van der Waals surface area contributed by atoms with Crippen LogP contribution in [0, 0.1) is 11.3 Å². The van der Waals surface area contributed by atoms with E-state index in [2.05, 4.69) is 24.5 Å². The molecule has 0 aromatic carbocycles. The monoisotopic (exact) mass is 446 g/mol. The summed E-state index contributed by atoms with van der Waals surface area (Å²) in [6, 6.07) is 0. The molecule has 0 heterocycles. The Labute approximate surface area is 184 Å². The lowest BCUT2D eigenvalue weighted by Crippen LogP contribution is -2.33.